The maximum Gasteiger partial charge on any atom is 0.226 e. The number of allylic oxidation sites excluding steroid dienone is 2. The van der Waals surface area contributed by atoms with Crippen LogP contribution < -0.4 is 10.1 Å². The number of rotatable bonds is 3. The molecule has 0 amide bonds. The fraction of sp³-hybridized carbons (Fsp3) is 0.267. The van der Waals surface area contributed by atoms with Gasteiger partial charge in [0.2, 0.25) is 5.95 Å². The summed E-state index contributed by atoms with van der Waals surface area (Å²) in [4.78, 5) is 16.2. The van der Waals surface area contributed by atoms with Crippen LogP contribution in [-0.4, -0.2) is 32.8 Å². The second kappa shape index (κ2) is 5.18. The molecule has 2 aromatic rings. The number of nitrogens with zero attached hydrogens (tertiary/aromatic N) is 3. The van der Waals surface area contributed by atoms with Gasteiger partial charge in [-0.2, -0.15) is 10.1 Å². The lowest BCUT2D eigenvalue weighted by Crippen LogP contribution is -2.27. The van der Waals surface area contributed by atoms with Crippen LogP contribution in [0.3, 0.4) is 0 Å². The van der Waals surface area contributed by atoms with Gasteiger partial charge in [0.25, 0.3) is 0 Å². The van der Waals surface area contributed by atoms with E-state index in [-0.39, 0.29) is 11.5 Å². The molecule has 1 aliphatic heterocycles. The van der Waals surface area contributed by atoms with E-state index in [1.807, 2.05) is 6.92 Å². The Kier molecular flexibility index (Phi) is 3.32. The molecule has 0 bridgehead atoms. The number of methoxy groups -OCH3 is 1. The van der Waals surface area contributed by atoms with Gasteiger partial charge in [-0.15, -0.1) is 0 Å². The maximum absolute atomic E-state index is 12.1. The number of aromatic hydroxyl groups is 1. The molecule has 0 saturated heterocycles. The van der Waals surface area contributed by atoms with Crippen molar-refractivity contribution in [1.29, 1.82) is 0 Å². The van der Waals surface area contributed by atoms with Crippen LogP contribution in [0.1, 0.15) is 25.5 Å². The highest BCUT2D eigenvalue weighted by Crippen LogP contribution is 2.38. The molecule has 7 nitrogen and oxygen atoms in total. The van der Waals surface area contributed by atoms with Gasteiger partial charge >= 0.3 is 0 Å². The van der Waals surface area contributed by atoms with Gasteiger partial charge in [-0.3, -0.25) is 4.79 Å². The number of phenols is 1. The number of ketones is 1. The number of Topliss-reactive ketones (excluding diaryl/α,β-unsaturated/α-hetero) is 1. The summed E-state index contributed by atoms with van der Waals surface area (Å²) in [6.45, 7) is 3.34. The lowest BCUT2D eigenvalue weighted by atomic mass is 9.93. The molecular formula is C15H16N4O3. The number of hydrogen-bond donors (Lipinski definition) is 2. The summed E-state index contributed by atoms with van der Waals surface area (Å²) in [5.41, 5.74) is 2.05. The number of ether oxygens (including phenoxy) is 1. The van der Waals surface area contributed by atoms with Gasteiger partial charge in [0.1, 0.15) is 12.4 Å². The number of benzene rings is 1. The largest absolute Gasteiger partial charge is 0.504 e. The van der Waals surface area contributed by atoms with E-state index >= 15 is 0 Å². The number of carbonyl (C=O) groups excluding carboxylic acids is 1. The third-order valence-corrected chi connectivity index (χ3v) is 3.69. The molecule has 2 N–H and O–H groups in total. The number of anilines is 1. The molecule has 7 heteroatoms. The Balaban J connectivity index is 2.18. The lowest BCUT2D eigenvalue weighted by Gasteiger charge is -2.28. The van der Waals surface area contributed by atoms with Crippen molar-refractivity contribution in [2.24, 2.45) is 0 Å². The van der Waals surface area contributed by atoms with E-state index in [1.165, 1.54) is 20.4 Å². The molecule has 3 rings (SSSR count). The van der Waals surface area contributed by atoms with Gasteiger partial charge in [0.05, 0.1) is 7.11 Å². The smallest absolute Gasteiger partial charge is 0.226 e. The molecule has 1 aromatic carbocycles. The summed E-state index contributed by atoms with van der Waals surface area (Å²) in [7, 11) is 1.49. The molecule has 0 saturated carbocycles. The maximum atomic E-state index is 12.1. The Labute approximate surface area is 127 Å². The van der Waals surface area contributed by atoms with Crippen molar-refractivity contribution in [1.82, 2.24) is 14.8 Å². The lowest BCUT2D eigenvalue weighted by molar-refractivity contribution is -0.114. The van der Waals surface area contributed by atoms with Gasteiger partial charge in [0.15, 0.2) is 17.3 Å². The molecule has 0 fully saturated rings. The summed E-state index contributed by atoms with van der Waals surface area (Å²) < 4.78 is 6.69. The van der Waals surface area contributed by atoms with Crippen LogP contribution in [0.5, 0.6) is 11.5 Å². The van der Waals surface area contributed by atoms with Gasteiger partial charge in [-0.25, -0.2) is 4.68 Å². The molecule has 114 valence electrons. The Hall–Kier alpha value is -2.83. The average Bonchev–Trinajstić information content (AvgIpc) is 2.93. The van der Waals surface area contributed by atoms with E-state index in [1.54, 1.807) is 22.9 Å². The minimum Gasteiger partial charge on any atom is -0.504 e. The molecule has 1 unspecified atom stereocenters. The first-order valence-corrected chi connectivity index (χ1v) is 6.78. The molecule has 22 heavy (non-hydrogen) atoms. The summed E-state index contributed by atoms with van der Waals surface area (Å²) in [6.07, 6.45) is 1.43. The van der Waals surface area contributed by atoms with Crippen LogP contribution in [-0.2, 0) is 4.79 Å². The molecule has 0 aliphatic carbocycles. The molecule has 1 aliphatic rings. The number of nitrogens with one attached hydrogen (secondary N) is 1. The number of phenolic OH excluding ortho intramolecular Hbond substituents is 1. The van der Waals surface area contributed by atoms with Gasteiger partial charge in [-0.05, 0) is 31.5 Å². The number of fused-ring (bicyclic) bond motifs is 1. The first kappa shape index (κ1) is 14.1. The SMILES string of the molecule is COc1ccc(C2C(C(C)=O)=C(C)Nc3ncnn32)cc1O. The first-order chi connectivity index (χ1) is 10.5. The van der Waals surface area contributed by atoms with Crippen LogP contribution in [0, 0.1) is 0 Å². The quantitative estimate of drug-likeness (QED) is 0.899. The predicted molar refractivity (Wildman–Crippen MR) is 79.8 cm³/mol. The zero-order chi connectivity index (χ0) is 15.9. The van der Waals surface area contributed by atoms with E-state index in [0.29, 0.717) is 17.3 Å². The summed E-state index contributed by atoms with van der Waals surface area (Å²) >= 11 is 0. The molecule has 2 heterocycles. The Morgan fingerprint density at radius 1 is 1.45 bits per heavy atom. The molecule has 1 atom stereocenters. The minimum absolute atomic E-state index is 0.0146. The number of carbonyl (C=O) groups is 1. The van der Waals surface area contributed by atoms with Gasteiger partial charge < -0.3 is 15.2 Å². The summed E-state index contributed by atoms with van der Waals surface area (Å²) in [5.74, 6) is 0.886. The first-order valence-electron chi connectivity index (χ1n) is 6.78. The summed E-state index contributed by atoms with van der Waals surface area (Å²) in [6, 6.07) is 4.61. The highest BCUT2D eigenvalue weighted by Gasteiger charge is 2.31. The average molecular weight is 300 g/mol. The third-order valence-electron chi connectivity index (χ3n) is 3.69. The summed E-state index contributed by atoms with van der Waals surface area (Å²) in [5, 5.41) is 17.3. The number of hydrogen-bond acceptors (Lipinski definition) is 6. The van der Waals surface area contributed by atoms with Crippen molar-refractivity contribution in [3.8, 4) is 11.5 Å². The van der Waals surface area contributed by atoms with Crippen molar-refractivity contribution < 1.29 is 14.6 Å². The van der Waals surface area contributed by atoms with E-state index in [0.717, 1.165) is 11.3 Å². The monoisotopic (exact) mass is 300 g/mol. The van der Waals surface area contributed by atoms with Gasteiger partial charge in [-0.1, -0.05) is 6.07 Å². The van der Waals surface area contributed by atoms with E-state index in [9.17, 15) is 9.90 Å². The fourth-order valence-corrected chi connectivity index (χ4v) is 2.73. The Morgan fingerprint density at radius 2 is 2.23 bits per heavy atom. The van der Waals surface area contributed by atoms with E-state index in [4.69, 9.17) is 4.74 Å². The molecule has 0 radical (unpaired) electrons. The van der Waals surface area contributed by atoms with E-state index < -0.39 is 6.04 Å². The second-order valence-corrected chi connectivity index (χ2v) is 5.08. The van der Waals surface area contributed by atoms with Crippen molar-refractivity contribution in [2.75, 3.05) is 12.4 Å². The van der Waals surface area contributed by atoms with Crippen LogP contribution in [0.15, 0.2) is 35.8 Å². The molecular weight excluding hydrogens is 284 g/mol. The normalized spacial score (nSPS) is 17.0. The highest BCUT2D eigenvalue weighted by atomic mass is 16.5. The van der Waals surface area contributed by atoms with Crippen LogP contribution in [0.25, 0.3) is 0 Å². The predicted octanol–water partition coefficient (Wildman–Crippen LogP) is 1.87. The molecule has 1 aromatic heterocycles. The van der Waals surface area contributed by atoms with Crippen LogP contribution >= 0.6 is 0 Å². The Morgan fingerprint density at radius 3 is 2.86 bits per heavy atom. The van der Waals surface area contributed by atoms with Crippen LogP contribution in [0.4, 0.5) is 5.95 Å². The zero-order valence-electron chi connectivity index (χ0n) is 12.5. The highest BCUT2D eigenvalue weighted by molar-refractivity contribution is 5.96. The van der Waals surface area contributed by atoms with Crippen molar-refractivity contribution in [2.45, 2.75) is 19.9 Å². The van der Waals surface area contributed by atoms with E-state index in [2.05, 4.69) is 15.4 Å². The third kappa shape index (κ3) is 2.11. The standard InChI is InChI=1S/C15H16N4O3/c1-8-13(9(2)20)14(19-15(18-8)16-7-17-19)10-4-5-12(22-3)11(21)6-10/h4-7,14,21H,1-3H3,(H,16,17,18). The van der Waals surface area contributed by atoms with Crippen molar-refractivity contribution in [3.63, 3.8) is 0 Å². The molecule has 0 spiro atoms. The minimum atomic E-state index is -0.437. The van der Waals surface area contributed by atoms with Crippen LogP contribution in [0.2, 0.25) is 0 Å². The van der Waals surface area contributed by atoms with Gasteiger partial charge in [0, 0.05) is 11.3 Å². The second-order valence-electron chi connectivity index (χ2n) is 5.08. The number of aromatic nitrogens is 3. The van der Waals surface area contributed by atoms with Crippen molar-refractivity contribution >= 4 is 11.7 Å². The zero-order valence-corrected chi connectivity index (χ0v) is 12.5. The Bertz CT molecular complexity index is 779. The van der Waals surface area contributed by atoms with Crippen molar-refractivity contribution in [3.05, 3.63) is 41.4 Å². The fourth-order valence-electron chi connectivity index (χ4n) is 2.73. The topological polar surface area (TPSA) is 89.3 Å².